The minimum atomic E-state index is -0.982. The summed E-state index contributed by atoms with van der Waals surface area (Å²) in [5.41, 5.74) is -0.831. The Bertz CT molecular complexity index is 842. The summed E-state index contributed by atoms with van der Waals surface area (Å²) in [7, 11) is 0. The van der Waals surface area contributed by atoms with Gasteiger partial charge >= 0.3 is 11.7 Å². The Balaban J connectivity index is 2.20. The first kappa shape index (κ1) is 26.9. The zero-order valence-corrected chi connectivity index (χ0v) is 19.9. The van der Waals surface area contributed by atoms with E-state index in [4.69, 9.17) is 14.6 Å². The van der Waals surface area contributed by atoms with E-state index in [1.807, 2.05) is 0 Å². The van der Waals surface area contributed by atoms with Crippen LogP contribution in [-0.4, -0.2) is 67.7 Å². The molecule has 33 heavy (non-hydrogen) atoms. The molecule has 0 radical (unpaired) electrons. The van der Waals surface area contributed by atoms with Crippen LogP contribution in [0.4, 0.5) is 5.69 Å². The normalized spacial score (nSPS) is 23.9. The second-order valence-electron chi connectivity index (χ2n) is 9.68. The van der Waals surface area contributed by atoms with E-state index in [1.54, 1.807) is 27.7 Å². The summed E-state index contributed by atoms with van der Waals surface area (Å²) in [6.07, 6.45) is -1.09. The van der Waals surface area contributed by atoms with E-state index >= 15 is 0 Å². The van der Waals surface area contributed by atoms with Gasteiger partial charge in [-0.3, -0.25) is 14.9 Å². The van der Waals surface area contributed by atoms with Crippen LogP contribution in [0, 0.1) is 41.2 Å². The zero-order chi connectivity index (χ0) is 24.9. The topological polar surface area (TPSA) is 165 Å². The van der Waals surface area contributed by atoms with Crippen LogP contribution in [0.3, 0.4) is 0 Å². The van der Waals surface area contributed by atoms with Crippen molar-refractivity contribution in [1.29, 1.82) is 0 Å². The number of aliphatic hydroxyl groups excluding tert-OH is 3. The maximum atomic E-state index is 12.0. The summed E-state index contributed by atoms with van der Waals surface area (Å²) >= 11 is 0. The fraction of sp³-hybridized carbons (Fsp3) is 0.773. The third-order valence-corrected chi connectivity index (χ3v) is 5.87. The molecule has 2 unspecified atom stereocenters. The van der Waals surface area contributed by atoms with E-state index in [0.717, 1.165) is 0 Å². The van der Waals surface area contributed by atoms with Crippen LogP contribution in [0.25, 0.3) is 0 Å². The quantitative estimate of drug-likeness (QED) is 0.261. The number of carbonyl (C=O) groups excluding carboxylic acids is 1. The molecule has 11 nitrogen and oxygen atoms in total. The first-order valence-electron chi connectivity index (χ1n) is 11.2. The van der Waals surface area contributed by atoms with Crippen LogP contribution in [0.1, 0.15) is 58.0 Å². The van der Waals surface area contributed by atoms with Crippen LogP contribution in [0.15, 0.2) is 0 Å². The number of hydrogen-bond acceptors (Lipinski definition) is 10. The molecule has 3 N–H and O–H groups in total. The Kier molecular flexibility index (Phi) is 9.10. The number of aromatic nitrogens is 2. The van der Waals surface area contributed by atoms with Crippen molar-refractivity contribution in [3.8, 4) is 5.88 Å². The molecule has 11 heteroatoms. The third-order valence-electron chi connectivity index (χ3n) is 5.87. The molecule has 0 aromatic carbocycles. The SMILES string of the molecule is Cc1nc(C)c([N+](=O)[O-])c(O[C@H]2C(CCC(O)CO)C[C@H](CCOC(=O)C(C)(C)C)[C@H]2O)n1. The van der Waals surface area contributed by atoms with E-state index in [0.29, 0.717) is 25.1 Å². The molecule has 0 saturated heterocycles. The lowest BCUT2D eigenvalue weighted by Crippen LogP contribution is -2.35. The van der Waals surface area contributed by atoms with E-state index in [9.17, 15) is 25.1 Å². The maximum absolute atomic E-state index is 12.0. The standard InChI is InChI=1S/C22H35N3O8/c1-12-17(25(30)31)20(24-13(2)23-12)33-19-15(6-7-16(27)11-26)10-14(18(19)28)8-9-32-21(29)22(3,4)5/h14-16,18-19,26-28H,6-11H2,1-5H3/t14-,15?,16?,18+,19-/m0/s1. The third kappa shape index (κ3) is 7.05. The number of hydrogen-bond donors (Lipinski definition) is 3. The fourth-order valence-electron chi connectivity index (χ4n) is 4.06. The van der Waals surface area contributed by atoms with Gasteiger partial charge < -0.3 is 24.8 Å². The summed E-state index contributed by atoms with van der Waals surface area (Å²) in [6, 6.07) is 0. The van der Waals surface area contributed by atoms with Gasteiger partial charge in [0, 0.05) is 0 Å². The highest BCUT2D eigenvalue weighted by Gasteiger charge is 2.45. The molecule has 1 aromatic heterocycles. The number of aliphatic hydroxyl groups is 3. The summed E-state index contributed by atoms with van der Waals surface area (Å²) < 4.78 is 11.3. The molecule has 1 saturated carbocycles. The second kappa shape index (κ2) is 11.2. The highest BCUT2D eigenvalue weighted by molar-refractivity contribution is 5.75. The number of ether oxygens (including phenoxy) is 2. The van der Waals surface area contributed by atoms with Crippen molar-refractivity contribution in [3.63, 3.8) is 0 Å². The first-order chi connectivity index (χ1) is 15.3. The van der Waals surface area contributed by atoms with E-state index < -0.39 is 28.7 Å². The van der Waals surface area contributed by atoms with Gasteiger partial charge in [0.15, 0.2) is 0 Å². The first-order valence-corrected chi connectivity index (χ1v) is 11.2. The van der Waals surface area contributed by atoms with Crippen LogP contribution < -0.4 is 4.74 Å². The Morgan fingerprint density at radius 2 is 1.91 bits per heavy atom. The summed E-state index contributed by atoms with van der Waals surface area (Å²) in [4.78, 5) is 31.1. The number of aryl methyl sites for hydroxylation is 2. The number of rotatable bonds is 10. The Morgan fingerprint density at radius 1 is 1.24 bits per heavy atom. The predicted molar refractivity (Wildman–Crippen MR) is 118 cm³/mol. The van der Waals surface area contributed by atoms with Gasteiger partial charge in [0.25, 0.3) is 5.88 Å². The van der Waals surface area contributed by atoms with Crippen molar-refractivity contribution in [2.75, 3.05) is 13.2 Å². The Labute approximate surface area is 193 Å². The molecule has 1 aliphatic rings. The smallest absolute Gasteiger partial charge is 0.351 e. The van der Waals surface area contributed by atoms with Crippen molar-refractivity contribution >= 4 is 11.7 Å². The second-order valence-corrected chi connectivity index (χ2v) is 9.68. The van der Waals surface area contributed by atoms with Crippen LogP contribution in [0.5, 0.6) is 5.88 Å². The van der Waals surface area contributed by atoms with Crippen molar-refractivity contribution < 1.29 is 34.5 Å². The minimum Gasteiger partial charge on any atom is -0.466 e. The van der Waals surface area contributed by atoms with Crippen LogP contribution in [0.2, 0.25) is 0 Å². The molecule has 0 spiro atoms. The molecular formula is C22H35N3O8. The van der Waals surface area contributed by atoms with Crippen molar-refractivity contribution in [2.45, 2.75) is 78.6 Å². The highest BCUT2D eigenvalue weighted by Crippen LogP contribution is 2.40. The minimum absolute atomic E-state index is 0.127. The van der Waals surface area contributed by atoms with Gasteiger partial charge in [0.2, 0.25) is 0 Å². The number of nitro groups is 1. The van der Waals surface area contributed by atoms with Crippen LogP contribution in [-0.2, 0) is 9.53 Å². The van der Waals surface area contributed by atoms with Gasteiger partial charge in [-0.15, -0.1) is 0 Å². The lowest BCUT2D eigenvalue weighted by Gasteiger charge is -2.24. The molecule has 1 aromatic rings. The highest BCUT2D eigenvalue weighted by atomic mass is 16.6. The average Bonchev–Trinajstić information content (AvgIpc) is 2.99. The zero-order valence-electron chi connectivity index (χ0n) is 19.9. The molecule has 5 atom stereocenters. The Morgan fingerprint density at radius 3 is 2.48 bits per heavy atom. The van der Waals surface area contributed by atoms with E-state index in [1.165, 1.54) is 6.92 Å². The van der Waals surface area contributed by atoms with E-state index in [2.05, 4.69) is 9.97 Å². The molecule has 0 aliphatic heterocycles. The maximum Gasteiger partial charge on any atom is 0.351 e. The van der Waals surface area contributed by atoms with Gasteiger partial charge in [0.05, 0.1) is 35.8 Å². The monoisotopic (exact) mass is 469 g/mol. The largest absolute Gasteiger partial charge is 0.466 e. The summed E-state index contributed by atoms with van der Waals surface area (Å²) in [5.74, 6) is -0.769. The number of carbonyl (C=O) groups is 1. The van der Waals surface area contributed by atoms with Gasteiger partial charge in [-0.05, 0) is 72.1 Å². The Hall–Kier alpha value is -2.37. The lowest BCUT2D eigenvalue weighted by atomic mass is 9.96. The number of nitrogens with zero attached hydrogens (tertiary/aromatic N) is 3. The average molecular weight is 470 g/mol. The predicted octanol–water partition coefficient (Wildman–Crippen LogP) is 1.86. The van der Waals surface area contributed by atoms with Crippen molar-refractivity contribution in [2.24, 2.45) is 17.3 Å². The van der Waals surface area contributed by atoms with Crippen LogP contribution >= 0.6 is 0 Å². The van der Waals surface area contributed by atoms with Crippen molar-refractivity contribution in [3.05, 3.63) is 21.6 Å². The molecule has 186 valence electrons. The van der Waals surface area contributed by atoms with Gasteiger partial charge in [-0.2, -0.15) is 4.98 Å². The number of esters is 1. The molecule has 1 aliphatic carbocycles. The fourth-order valence-corrected chi connectivity index (χ4v) is 4.06. The lowest BCUT2D eigenvalue weighted by molar-refractivity contribution is -0.387. The summed E-state index contributed by atoms with van der Waals surface area (Å²) in [5, 5.41) is 41.5. The molecule has 1 heterocycles. The molecule has 1 fully saturated rings. The summed E-state index contributed by atoms with van der Waals surface area (Å²) in [6.45, 7) is 8.09. The van der Waals surface area contributed by atoms with E-state index in [-0.39, 0.29) is 54.7 Å². The van der Waals surface area contributed by atoms with Gasteiger partial charge in [-0.25, -0.2) is 4.98 Å². The van der Waals surface area contributed by atoms with Gasteiger partial charge in [-0.1, -0.05) is 0 Å². The molecular weight excluding hydrogens is 434 g/mol. The van der Waals surface area contributed by atoms with Gasteiger partial charge in [0.1, 0.15) is 17.6 Å². The molecule has 0 bridgehead atoms. The molecule has 0 amide bonds. The van der Waals surface area contributed by atoms with Crippen molar-refractivity contribution in [1.82, 2.24) is 9.97 Å². The molecule has 2 rings (SSSR count).